The van der Waals surface area contributed by atoms with Gasteiger partial charge in [-0.3, -0.25) is 13.9 Å². The molecule has 2 heterocycles. The first-order valence-corrected chi connectivity index (χ1v) is 6.80. The fraction of sp³-hybridized carbons (Fsp3) is 0.615. The molecular formula is C13H21N5O2. The van der Waals surface area contributed by atoms with Crippen molar-refractivity contribution in [2.45, 2.75) is 32.7 Å². The maximum Gasteiger partial charge on any atom is 0.332 e. The molecule has 0 aromatic carbocycles. The van der Waals surface area contributed by atoms with Crippen molar-refractivity contribution < 1.29 is 0 Å². The number of aryl methyl sites for hydroxylation is 2. The third kappa shape index (κ3) is 1.98. The van der Waals surface area contributed by atoms with Crippen LogP contribution in [-0.4, -0.2) is 25.2 Å². The molecular weight excluding hydrogens is 258 g/mol. The average Bonchev–Trinajstić information content (AvgIpc) is 2.82. The van der Waals surface area contributed by atoms with Gasteiger partial charge in [0.05, 0.1) is 0 Å². The number of imidazole rings is 1. The number of aromatic nitrogens is 4. The Balaban J connectivity index is 2.97. The Kier molecular flexibility index (Phi) is 3.80. The van der Waals surface area contributed by atoms with Gasteiger partial charge in [-0.1, -0.05) is 6.92 Å². The molecule has 0 saturated heterocycles. The number of hydrogen-bond donors (Lipinski definition) is 1. The van der Waals surface area contributed by atoms with Gasteiger partial charge in [-0.05, 0) is 13.3 Å². The van der Waals surface area contributed by atoms with E-state index in [1.54, 1.807) is 7.05 Å². The molecule has 110 valence electrons. The van der Waals surface area contributed by atoms with Crippen molar-refractivity contribution in [1.29, 1.82) is 0 Å². The number of hydrogen-bond acceptors (Lipinski definition) is 4. The molecule has 0 aliphatic carbocycles. The lowest BCUT2D eigenvalue weighted by atomic mass is 10.2. The predicted octanol–water partition coefficient (Wildman–Crippen LogP) is -0.0941. The van der Waals surface area contributed by atoms with Crippen molar-refractivity contribution in [3.8, 4) is 0 Å². The highest BCUT2D eigenvalue weighted by atomic mass is 16.2. The minimum atomic E-state index is -0.365. The first-order chi connectivity index (χ1) is 9.43. The van der Waals surface area contributed by atoms with E-state index >= 15 is 0 Å². The fourth-order valence-corrected chi connectivity index (χ4v) is 2.44. The summed E-state index contributed by atoms with van der Waals surface area (Å²) in [7, 11) is 3.11. The highest BCUT2D eigenvalue weighted by Crippen LogP contribution is 2.18. The van der Waals surface area contributed by atoms with Crippen LogP contribution in [0.5, 0.6) is 0 Å². The summed E-state index contributed by atoms with van der Waals surface area (Å²) in [5.74, 6) is 0.804. The smallest absolute Gasteiger partial charge is 0.328 e. The van der Waals surface area contributed by atoms with Gasteiger partial charge in [0.2, 0.25) is 0 Å². The zero-order chi connectivity index (χ0) is 15.0. The molecule has 0 radical (unpaired) electrons. The summed E-state index contributed by atoms with van der Waals surface area (Å²) in [4.78, 5) is 28.9. The lowest BCUT2D eigenvalue weighted by molar-refractivity contribution is 0.541. The Hall–Kier alpha value is -1.89. The Morgan fingerprint density at radius 2 is 1.90 bits per heavy atom. The largest absolute Gasteiger partial charge is 0.332 e. The molecule has 2 N–H and O–H groups in total. The van der Waals surface area contributed by atoms with E-state index in [1.165, 1.54) is 11.6 Å². The summed E-state index contributed by atoms with van der Waals surface area (Å²) in [5.41, 5.74) is 5.95. The molecule has 0 amide bonds. The first kappa shape index (κ1) is 14.5. The molecule has 0 saturated carbocycles. The third-order valence-electron chi connectivity index (χ3n) is 3.62. The van der Waals surface area contributed by atoms with Crippen molar-refractivity contribution >= 4 is 11.2 Å². The highest BCUT2D eigenvalue weighted by molar-refractivity contribution is 5.71. The monoisotopic (exact) mass is 279 g/mol. The molecule has 2 aromatic heterocycles. The minimum absolute atomic E-state index is 0.0354. The van der Waals surface area contributed by atoms with Crippen LogP contribution in [0.2, 0.25) is 0 Å². The quantitative estimate of drug-likeness (QED) is 0.847. The SMILES string of the molecule is CCCc1nc2c(c(=O)n(C)c(=O)n2C)n1C(C)CN. The Morgan fingerprint density at radius 3 is 2.45 bits per heavy atom. The van der Waals surface area contributed by atoms with Crippen molar-refractivity contribution in [2.75, 3.05) is 6.54 Å². The maximum atomic E-state index is 12.4. The second kappa shape index (κ2) is 5.24. The Labute approximate surface area is 116 Å². The number of nitrogens with two attached hydrogens (primary N) is 1. The summed E-state index contributed by atoms with van der Waals surface area (Å²) in [6.07, 6.45) is 1.66. The van der Waals surface area contributed by atoms with Crippen molar-refractivity contribution in [3.05, 3.63) is 26.7 Å². The van der Waals surface area contributed by atoms with Gasteiger partial charge in [0, 0.05) is 33.1 Å². The van der Waals surface area contributed by atoms with E-state index in [0.29, 0.717) is 17.7 Å². The second-order valence-corrected chi connectivity index (χ2v) is 5.11. The summed E-state index contributed by atoms with van der Waals surface area (Å²) in [6, 6.07) is -0.0354. The molecule has 0 fully saturated rings. The van der Waals surface area contributed by atoms with E-state index < -0.39 is 0 Å². The molecule has 0 aliphatic rings. The van der Waals surface area contributed by atoms with Gasteiger partial charge in [0.15, 0.2) is 11.2 Å². The topological polar surface area (TPSA) is 87.8 Å². The second-order valence-electron chi connectivity index (χ2n) is 5.11. The molecule has 7 heteroatoms. The van der Waals surface area contributed by atoms with Crippen LogP contribution in [0.25, 0.3) is 11.2 Å². The van der Waals surface area contributed by atoms with Crippen LogP contribution in [0.4, 0.5) is 0 Å². The van der Waals surface area contributed by atoms with Crippen LogP contribution >= 0.6 is 0 Å². The average molecular weight is 279 g/mol. The highest BCUT2D eigenvalue weighted by Gasteiger charge is 2.20. The van der Waals surface area contributed by atoms with E-state index in [-0.39, 0.29) is 17.3 Å². The van der Waals surface area contributed by atoms with Gasteiger partial charge < -0.3 is 10.3 Å². The van der Waals surface area contributed by atoms with Crippen LogP contribution in [0.3, 0.4) is 0 Å². The van der Waals surface area contributed by atoms with Crippen LogP contribution in [0, 0.1) is 0 Å². The molecule has 2 rings (SSSR count). The molecule has 0 aliphatic heterocycles. The van der Waals surface area contributed by atoms with Gasteiger partial charge in [-0.25, -0.2) is 9.78 Å². The minimum Gasteiger partial charge on any atom is -0.328 e. The summed E-state index contributed by atoms with van der Waals surface area (Å²) >= 11 is 0. The van der Waals surface area contributed by atoms with E-state index in [2.05, 4.69) is 4.98 Å². The van der Waals surface area contributed by atoms with Crippen LogP contribution in [0.1, 0.15) is 32.1 Å². The van der Waals surface area contributed by atoms with Crippen molar-refractivity contribution in [2.24, 2.45) is 19.8 Å². The number of fused-ring (bicyclic) bond motifs is 1. The lowest BCUT2D eigenvalue weighted by Gasteiger charge is -2.15. The third-order valence-corrected chi connectivity index (χ3v) is 3.62. The molecule has 1 atom stereocenters. The van der Waals surface area contributed by atoms with Crippen molar-refractivity contribution in [3.63, 3.8) is 0 Å². The predicted molar refractivity (Wildman–Crippen MR) is 78.0 cm³/mol. The normalized spacial score (nSPS) is 13.1. The summed E-state index contributed by atoms with van der Waals surface area (Å²) < 4.78 is 4.40. The van der Waals surface area contributed by atoms with Gasteiger partial charge in [0.25, 0.3) is 5.56 Å². The van der Waals surface area contributed by atoms with Gasteiger partial charge in [-0.15, -0.1) is 0 Å². The van der Waals surface area contributed by atoms with Gasteiger partial charge in [0.1, 0.15) is 5.82 Å². The van der Waals surface area contributed by atoms with Crippen molar-refractivity contribution in [1.82, 2.24) is 18.7 Å². The fourth-order valence-electron chi connectivity index (χ4n) is 2.44. The van der Waals surface area contributed by atoms with E-state index in [1.807, 2.05) is 18.4 Å². The van der Waals surface area contributed by atoms with E-state index in [0.717, 1.165) is 23.2 Å². The molecule has 20 heavy (non-hydrogen) atoms. The Morgan fingerprint density at radius 1 is 1.25 bits per heavy atom. The Bertz CT molecular complexity index is 753. The molecule has 2 aromatic rings. The number of rotatable bonds is 4. The van der Waals surface area contributed by atoms with E-state index in [4.69, 9.17) is 5.73 Å². The van der Waals surface area contributed by atoms with Gasteiger partial charge in [-0.2, -0.15) is 0 Å². The zero-order valence-electron chi connectivity index (χ0n) is 12.4. The lowest BCUT2D eigenvalue weighted by Crippen LogP contribution is -2.38. The molecule has 0 bridgehead atoms. The van der Waals surface area contributed by atoms with Gasteiger partial charge >= 0.3 is 5.69 Å². The van der Waals surface area contributed by atoms with Crippen LogP contribution < -0.4 is 17.0 Å². The van der Waals surface area contributed by atoms with Crippen LogP contribution in [-0.2, 0) is 20.5 Å². The summed E-state index contributed by atoms with van der Waals surface area (Å²) in [5, 5.41) is 0. The van der Waals surface area contributed by atoms with Crippen LogP contribution in [0.15, 0.2) is 9.59 Å². The maximum absolute atomic E-state index is 12.4. The first-order valence-electron chi connectivity index (χ1n) is 6.80. The molecule has 0 spiro atoms. The number of nitrogens with zero attached hydrogens (tertiary/aromatic N) is 4. The summed E-state index contributed by atoms with van der Waals surface area (Å²) in [6.45, 7) is 4.41. The zero-order valence-corrected chi connectivity index (χ0v) is 12.4. The van der Waals surface area contributed by atoms with E-state index in [9.17, 15) is 9.59 Å². The molecule has 7 nitrogen and oxygen atoms in total. The standard InChI is InChI=1S/C13H21N5O2/c1-5-6-9-15-11-10(18(9)8(2)7-14)12(19)17(4)13(20)16(11)3/h8H,5-7,14H2,1-4H3. The molecule has 1 unspecified atom stereocenters.